The Labute approximate surface area is 372 Å². The van der Waals surface area contributed by atoms with E-state index in [9.17, 15) is 46.1 Å². The molecule has 4 aliphatic heterocycles. The molecule has 6 heterocycles. The molecule has 18 nitrogen and oxygen atoms in total. The van der Waals surface area contributed by atoms with Crippen LogP contribution >= 0.6 is 0 Å². The third-order valence-corrected chi connectivity index (χ3v) is 11.1. The van der Waals surface area contributed by atoms with Gasteiger partial charge in [0.05, 0.1) is 73.5 Å². The molecule has 66 heavy (non-hydrogen) atoms. The molecule has 2 amide bonds. The number of rotatable bonds is 10. The smallest absolute Gasteiger partial charge is 0.430 e. The molecule has 0 radical (unpaired) electrons. The van der Waals surface area contributed by atoms with Crippen molar-refractivity contribution < 1.29 is 65.1 Å². The zero-order valence-electron chi connectivity index (χ0n) is 34.9. The lowest BCUT2D eigenvalue weighted by molar-refractivity contribution is -0.253. The summed E-state index contributed by atoms with van der Waals surface area (Å²) in [5.74, 6) is -1.04. The molecule has 4 aromatic rings. The maximum absolute atomic E-state index is 13.7. The molecular weight excluding hydrogens is 887 g/mol. The number of halogens is 6. The van der Waals surface area contributed by atoms with E-state index >= 15 is 0 Å². The van der Waals surface area contributed by atoms with Crippen molar-refractivity contribution in [2.75, 3.05) is 86.3 Å². The summed E-state index contributed by atoms with van der Waals surface area (Å²) in [5.41, 5.74) is 7.69. The molecule has 0 aliphatic carbocycles. The molecule has 2 aromatic carbocycles. The van der Waals surface area contributed by atoms with Gasteiger partial charge in [-0.25, -0.2) is 19.9 Å². The number of nitrogens with one attached hydrogen (secondary N) is 2. The Hall–Kier alpha value is -6.76. The lowest BCUT2D eigenvalue weighted by Gasteiger charge is -2.31. The van der Waals surface area contributed by atoms with Crippen LogP contribution in [0.25, 0.3) is 11.1 Å². The highest BCUT2D eigenvalue weighted by molar-refractivity contribution is 6.25. The monoisotopic (exact) mass is 930 g/mol. The molecule has 2 fully saturated rings. The number of anilines is 4. The number of aliphatic hydroxyl groups is 2. The molecule has 2 aromatic heterocycles. The van der Waals surface area contributed by atoms with Gasteiger partial charge in [0.15, 0.2) is 11.6 Å². The highest BCUT2D eigenvalue weighted by Crippen LogP contribution is 2.49. The number of nitrogens with zero attached hydrogens (tertiary/aromatic N) is 6. The van der Waals surface area contributed by atoms with Crippen molar-refractivity contribution in [2.24, 2.45) is 11.5 Å². The number of fused-ring (bicyclic) bond motifs is 2. The maximum atomic E-state index is 13.7. The van der Waals surface area contributed by atoms with E-state index in [0.717, 1.165) is 12.4 Å². The van der Waals surface area contributed by atoms with Gasteiger partial charge in [0.2, 0.25) is 11.2 Å². The van der Waals surface area contributed by atoms with E-state index in [1.807, 2.05) is 9.80 Å². The molecule has 24 heteroatoms. The fraction of sp³-hybridized carbons (Fsp3) is 0.381. The summed E-state index contributed by atoms with van der Waals surface area (Å²) < 4.78 is 103. The Kier molecular flexibility index (Phi) is 13.9. The van der Waals surface area contributed by atoms with Crippen LogP contribution in [0.15, 0.2) is 73.6 Å². The number of aromatic nitrogens is 4. The zero-order valence-corrected chi connectivity index (χ0v) is 34.9. The second-order valence-corrected chi connectivity index (χ2v) is 15.2. The van der Waals surface area contributed by atoms with Gasteiger partial charge in [-0.1, -0.05) is 0 Å². The van der Waals surface area contributed by atoms with Crippen LogP contribution < -0.4 is 41.4 Å². The zero-order chi connectivity index (χ0) is 47.3. The SMILES string of the molecule is NC=C(C(=O)Nc1cc2c(cc1N1CCOCC1)O[C@@](CO)(C(F)(F)F)C2)c1ncccn1.NC=C(C(=O)Nc1cc2c(cc1N1CCOCC1)O[C@](CO)(C(F)(F)F)C2)c1ncccn1. The normalized spacial score (nSPS) is 20.8. The third kappa shape index (κ3) is 9.61. The van der Waals surface area contributed by atoms with E-state index in [1.165, 1.54) is 49.1 Å². The van der Waals surface area contributed by atoms with Crippen molar-refractivity contribution in [3.8, 4) is 11.5 Å². The second kappa shape index (κ2) is 19.4. The van der Waals surface area contributed by atoms with Crippen LogP contribution in [0.2, 0.25) is 0 Å². The molecule has 0 spiro atoms. The van der Waals surface area contributed by atoms with Crippen molar-refractivity contribution in [3.63, 3.8) is 0 Å². The minimum Gasteiger partial charge on any atom is -0.475 e. The Morgan fingerprint density at radius 3 is 1.29 bits per heavy atom. The van der Waals surface area contributed by atoms with Gasteiger partial charge in [-0.3, -0.25) is 9.59 Å². The first-order chi connectivity index (χ1) is 31.6. The van der Waals surface area contributed by atoms with Crippen LogP contribution in [-0.4, -0.2) is 131 Å². The summed E-state index contributed by atoms with van der Waals surface area (Å²) in [6.45, 7) is 1.07. The van der Waals surface area contributed by atoms with Gasteiger partial charge in [-0.05, 0) is 24.3 Å². The van der Waals surface area contributed by atoms with E-state index in [-0.39, 0.29) is 56.8 Å². The van der Waals surface area contributed by atoms with Gasteiger partial charge in [0.1, 0.15) is 11.5 Å². The second-order valence-electron chi connectivity index (χ2n) is 15.2. The quantitative estimate of drug-likeness (QED) is 0.0989. The van der Waals surface area contributed by atoms with E-state index in [2.05, 4.69) is 30.6 Å². The van der Waals surface area contributed by atoms with Crippen LogP contribution in [0.5, 0.6) is 11.5 Å². The molecule has 8 N–H and O–H groups in total. The minimum absolute atomic E-state index is 0.000252. The van der Waals surface area contributed by atoms with E-state index in [4.69, 9.17) is 30.4 Å². The van der Waals surface area contributed by atoms with E-state index in [1.54, 1.807) is 12.1 Å². The van der Waals surface area contributed by atoms with E-state index < -0.39 is 61.4 Å². The van der Waals surface area contributed by atoms with Gasteiger partial charge in [0, 0.05) is 99.5 Å². The van der Waals surface area contributed by atoms with Crippen molar-refractivity contribution >= 4 is 45.7 Å². The van der Waals surface area contributed by atoms with Gasteiger partial charge in [0.25, 0.3) is 11.8 Å². The highest BCUT2D eigenvalue weighted by Gasteiger charge is 2.61. The number of hydrogen-bond acceptors (Lipinski definition) is 16. The highest BCUT2D eigenvalue weighted by atomic mass is 19.4. The summed E-state index contributed by atoms with van der Waals surface area (Å²) in [7, 11) is 0. The van der Waals surface area contributed by atoms with Crippen molar-refractivity contribution in [1.82, 2.24) is 19.9 Å². The molecule has 0 unspecified atom stereocenters. The van der Waals surface area contributed by atoms with Crippen LogP contribution in [0, 0.1) is 0 Å². The maximum Gasteiger partial charge on any atom is 0.430 e. The number of carbonyl (C=O) groups is 2. The van der Waals surface area contributed by atoms with Crippen LogP contribution in [0.3, 0.4) is 0 Å². The lowest BCUT2D eigenvalue weighted by Crippen LogP contribution is -2.52. The predicted octanol–water partition coefficient (Wildman–Crippen LogP) is 2.96. The molecule has 2 atom stereocenters. The molecular formula is C42H44F6N10O8. The van der Waals surface area contributed by atoms with Gasteiger partial charge in [-0.2, -0.15) is 26.3 Å². The summed E-state index contributed by atoms with van der Waals surface area (Å²) in [5, 5.41) is 24.5. The topological polar surface area (TPSA) is 246 Å². The number of ether oxygens (including phenoxy) is 4. The summed E-state index contributed by atoms with van der Waals surface area (Å²) >= 11 is 0. The summed E-state index contributed by atoms with van der Waals surface area (Å²) in [6, 6.07) is 8.93. The number of amides is 2. The number of aliphatic hydroxyl groups excluding tert-OH is 2. The largest absolute Gasteiger partial charge is 0.475 e. The first-order valence-corrected chi connectivity index (χ1v) is 20.3. The van der Waals surface area contributed by atoms with Crippen molar-refractivity contribution in [3.05, 3.63) is 96.4 Å². The van der Waals surface area contributed by atoms with Gasteiger partial charge < -0.3 is 61.1 Å². The number of benzene rings is 2. The number of carbonyl (C=O) groups excluding carboxylic acids is 2. The van der Waals surface area contributed by atoms with Gasteiger partial charge >= 0.3 is 12.4 Å². The van der Waals surface area contributed by atoms with Crippen LogP contribution in [-0.2, 0) is 31.9 Å². The van der Waals surface area contributed by atoms with Crippen LogP contribution in [0.4, 0.5) is 49.1 Å². The Bertz CT molecular complexity index is 2280. The number of alkyl halides is 6. The molecule has 0 saturated carbocycles. The molecule has 352 valence electrons. The molecule has 2 saturated heterocycles. The Morgan fingerprint density at radius 1 is 0.636 bits per heavy atom. The number of hydrogen-bond donors (Lipinski definition) is 6. The molecule has 4 aliphatic rings. The summed E-state index contributed by atoms with van der Waals surface area (Å²) in [4.78, 5) is 45.8. The minimum atomic E-state index is -4.79. The Balaban J connectivity index is 0.000000196. The van der Waals surface area contributed by atoms with E-state index in [0.29, 0.717) is 64.0 Å². The first kappa shape index (κ1) is 47.2. The third-order valence-electron chi connectivity index (χ3n) is 11.1. The standard InChI is InChI=1S/2C21H22F3N5O4/c2*22-21(23,24)20(12-30)10-13-8-15(16(9-17(13)33-20)29-4-6-32-7-5-29)28-19(31)14(11-25)18-26-2-1-3-27-18/h2*1-3,8-9,11,30H,4-7,10,12,25H2,(H,28,31)/t2*20-/m10/s1. The van der Waals surface area contributed by atoms with Crippen molar-refractivity contribution in [2.45, 2.75) is 36.4 Å². The van der Waals surface area contributed by atoms with Crippen LogP contribution in [0.1, 0.15) is 22.8 Å². The molecule has 0 bridgehead atoms. The fourth-order valence-electron chi connectivity index (χ4n) is 7.57. The first-order valence-electron chi connectivity index (χ1n) is 20.3. The summed E-state index contributed by atoms with van der Waals surface area (Å²) in [6.07, 6.45) is -2.80. The van der Waals surface area contributed by atoms with Crippen molar-refractivity contribution in [1.29, 1.82) is 0 Å². The average molecular weight is 931 g/mol. The van der Waals surface area contributed by atoms with Gasteiger partial charge in [-0.15, -0.1) is 0 Å². The lowest BCUT2D eigenvalue weighted by atomic mass is 9.96. The predicted molar refractivity (Wildman–Crippen MR) is 225 cm³/mol. The number of nitrogens with two attached hydrogens (primary N) is 2. The fourth-order valence-corrected chi connectivity index (χ4v) is 7.57. The average Bonchev–Trinajstić information content (AvgIpc) is 3.90. The Morgan fingerprint density at radius 2 is 0.985 bits per heavy atom. The molecule has 8 rings (SSSR count). The number of morpholine rings is 2.